The van der Waals surface area contributed by atoms with Crippen LogP contribution in [0.25, 0.3) is 16.7 Å². The molecule has 2 aromatic heterocycles. The van der Waals surface area contributed by atoms with Gasteiger partial charge in [0.1, 0.15) is 0 Å². The third kappa shape index (κ3) is 5.19. The number of benzene rings is 3. The Balaban J connectivity index is 1.44. The fourth-order valence-electron chi connectivity index (χ4n) is 4.13. The number of pyridine rings is 1. The van der Waals surface area contributed by atoms with Crippen molar-refractivity contribution in [2.45, 2.75) is 20.4 Å². The second-order valence-corrected chi connectivity index (χ2v) is 8.85. The van der Waals surface area contributed by atoms with Gasteiger partial charge in [-0.25, -0.2) is 4.98 Å². The van der Waals surface area contributed by atoms with Crippen LogP contribution in [0.4, 0.5) is 11.6 Å². The first-order valence-electron chi connectivity index (χ1n) is 12.1. The summed E-state index contributed by atoms with van der Waals surface area (Å²) in [6, 6.07) is 26.7. The molecule has 0 aliphatic heterocycles. The van der Waals surface area contributed by atoms with Crippen molar-refractivity contribution in [2.24, 2.45) is 0 Å². The van der Waals surface area contributed by atoms with Crippen LogP contribution in [0, 0.1) is 6.92 Å². The average Bonchev–Trinajstić information content (AvgIpc) is 2.92. The molecular formula is C30H25N5O3. The van der Waals surface area contributed by atoms with Crippen LogP contribution in [0.15, 0.2) is 95.8 Å². The molecule has 0 bridgehead atoms. The third-order valence-electron chi connectivity index (χ3n) is 6.17. The van der Waals surface area contributed by atoms with E-state index in [2.05, 4.69) is 20.6 Å². The van der Waals surface area contributed by atoms with Crippen LogP contribution in [0.3, 0.4) is 0 Å². The van der Waals surface area contributed by atoms with Gasteiger partial charge in [-0.15, -0.1) is 0 Å². The summed E-state index contributed by atoms with van der Waals surface area (Å²) in [7, 11) is 0. The Hall–Kier alpha value is -5.11. The van der Waals surface area contributed by atoms with Gasteiger partial charge >= 0.3 is 0 Å². The molecule has 1 amide bonds. The summed E-state index contributed by atoms with van der Waals surface area (Å²) in [6.45, 7) is 3.79. The zero-order valence-electron chi connectivity index (χ0n) is 20.9. The molecule has 0 fully saturated rings. The van der Waals surface area contributed by atoms with E-state index in [4.69, 9.17) is 0 Å². The third-order valence-corrected chi connectivity index (χ3v) is 6.17. The minimum atomic E-state index is -0.256. The lowest BCUT2D eigenvalue weighted by atomic mass is 10.1. The van der Waals surface area contributed by atoms with Gasteiger partial charge in [0, 0.05) is 34.8 Å². The fraction of sp³-hybridized carbons (Fsp3) is 0.100. The van der Waals surface area contributed by atoms with E-state index in [0.29, 0.717) is 46.3 Å². The van der Waals surface area contributed by atoms with Gasteiger partial charge in [0.25, 0.3) is 11.5 Å². The van der Waals surface area contributed by atoms with E-state index >= 15 is 0 Å². The lowest BCUT2D eigenvalue weighted by Gasteiger charge is -2.13. The van der Waals surface area contributed by atoms with E-state index < -0.39 is 0 Å². The molecule has 3 aromatic carbocycles. The molecule has 188 valence electrons. The number of anilines is 2. The van der Waals surface area contributed by atoms with Crippen molar-refractivity contribution in [3.05, 3.63) is 124 Å². The van der Waals surface area contributed by atoms with Crippen molar-refractivity contribution < 1.29 is 9.59 Å². The Morgan fingerprint density at radius 3 is 2.18 bits per heavy atom. The molecule has 0 spiro atoms. The van der Waals surface area contributed by atoms with Crippen LogP contribution >= 0.6 is 0 Å². The number of ketones is 1. The summed E-state index contributed by atoms with van der Waals surface area (Å²) in [5, 5.41) is 6.79. The number of hydrogen-bond donors (Lipinski definition) is 2. The summed E-state index contributed by atoms with van der Waals surface area (Å²) < 4.78 is 1.50. The van der Waals surface area contributed by atoms with Gasteiger partial charge in [0.2, 0.25) is 5.95 Å². The molecule has 38 heavy (non-hydrogen) atoms. The summed E-state index contributed by atoms with van der Waals surface area (Å²) in [6.07, 6.45) is 0. The number of rotatable bonds is 7. The predicted molar refractivity (Wildman–Crippen MR) is 147 cm³/mol. The molecule has 5 rings (SSSR count). The molecule has 0 unspecified atom stereocenters. The van der Waals surface area contributed by atoms with Gasteiger partial charge in [0.15, 0.2) is 11.4 Å². The van der Waals surface area contributed by atoms with E-state index in [1.165, 1.54) is 17.6 Å². The van der Waals surface area contributed by atoms with E-state index in [-0.39, 0.29) is 17.2 Å². The van der Waals surface area contributed by atoms with Crippen LogP contribution in [-0.2, 0) is 6.54 Å². The number of Topliss-reactive ketones (excluding diaryl/α,β-unsaturated/α-hetero) is 1. The summed E-state index contributed by atoms with van der Waals surface area (Å²) in [4.78, 5) is 46.3. The predicted octanol–water partition coefficient (Wildman–Crippen LogP) is 4.97. The summed E-state index contributed by atoms with van der Waals surface area (Å²) in [5.41, 5.74) is 4.28. The van der Waals surface area contributed by atoms with Crippen LogP contribution in [0.1, 0.15) is 38.9 Å². The molecule has 2 heterocycles. The van der Waals surface area contributed by atoms with Gasteiger partial charge in [0.05, 0.1) is 11.4 Å². The number of aryl methyl sites for hydroxylation is 1. The number of nitrogens with one attached hydrogen (secondary N) is 2. The van der Waals surface area contributed by atoms with Crippen LogP contribution in [0.2, 0.25) is 0 Å². The van der Waals surface area contributed by atoms with E-state index in [0.717, 1.165) is 10.9 Å². The van der Waals surface area contributed by atoms with Gasteiger partial charge < -0.3 is 10.6 Å². The molecule has 0 aliphatic carbocycles. The Morgan fingerprint density at radius 2 is 1.50 bits per heavy atom. The molecule has 8 heteroatoms. The topological polar surface area (TPSA) is 106 Å². The number of aromatic nitrogens is 3. The summed E-state index contributed by atoms with van der Waals surface area (Å²) >= 11 is 0. The van der Waals surface area contributed by atoms with E-state index in [1.807, 2.05) is 37.3 Å². The minimum absolute atomic E-state index is 0.0157. The highest BCUT2D eigenvalue weighted by atomic mass is 16.1. The first-order chi connectivity index (χ1) is 18.4. The number of amides is 1. The smallest absolute Gasteiger partial charge is 0.256 e. The van der Waals surface area contributed by atoms with Gasteiger partial charge in [-0.05, 0) is 74.0 Å². The first-order valence-corrected chi connectivity index (χ1v) is 12.1. The lowest BCUT2D eigenvalue weighted by Crippen LogP contribution is -2.23. The maximum atomic E-state index is 13.0. The number of carbonyl (C=O) groups is 2. The number of nitrogens with zero attached hydrogens (tertiary/aromatic N) is 3. The maximum absolute atomic E-state index is 13.0. The molecular weight excluding hydrogens is 478 g/mol. The number of fused-ring (bicyclic) bond motifs is 1. The van der Waals surface area contributed by atoms with Crippen molar-refractivity contribution in [3.8, 4) is 5.69 Å². The Morgan fingerprint density at radius 1 is 0.816 bits per heavy atom. The quantitative estimate of drug-likeness (QED) is 0.304. The average molecular weight is 504 g/mol. The SMILES string of the molecule is CC(=O)c1ccc(Nc2nc(C)c3ccc(=O)n(-c4ccc(C(=O)NCc5ccccc5)cc4)c3n2)cc1. The van der Waals surface area contributed by atoms with E-state index in [1.54, 1.807) is 54.6 Å². The van der Waals surface area contributed by atoms with Crippen molar-refractivity contribution in [2.75, 3.05) is 5.32 Å². The monoisotopic (exact) mass is 503 g/mol. The highest BCUT2D eigenvalue weighted by Crippen LogP contribution is 2.22. The zero-order chi connectivity index (χ0) is 26.6. The normalized spacial score (nSPS) is 10.8. The number of hydrogen-bond acceptors (Lipinski definition) is 6. The Bertz CT molecular complexity index is 1690. The molecule has 8 nitrogen and oxygen atoms in total. The second-order valence-electron chi connectivity index (χ2n) is 8.85. The molecule has 0 radical (unpaired) electrons. The lowest BCUT2D eigenvalue weighted by molar-refractivity contribution is 0.0950. The maximum Gasteiger partial charge on any atom is 0.256 e. The van der Waals surface area contributed by atoms with Gasteiger partial charge in [-0.3, -0.25) is 19.0 Å². The molecule has 2 N–H and O–H groups in total. The van der Waals surface area contributed by atoms with Gasteiger partial charge in [-0.2, -0.15) is 4.98 Å². The molecule has 0 aliphatic rings. The van der Waals surface area contributed by atoms with Crippen LogP contribution in [0.5, 0.6) is 0 Å². The minimum Gasteiger partial charge on any atom is -0.348 e. The summed E-state index contributed by atoms with van der Waals surface area (Å²) in [5.74, 6) is 0.103. The Labute approximate surface area is 219 Å². The standard InChI is InChI=1S/C30H25N5O3/c1-19-26-16-17-27(37)35(28(26)34-30(32-19)33-24-12-8-22(9-13-24)20(2)36)25-14-10-23(11-15-25)29(38)31-18-21-6-4-3-5-7-21/h3-17H,18H2,1-2H3,(H,31,38)(H,32,33,34). The highest BCUT2D eigenvalue weighted by Gasteiger charge is 2.13. The van der Waals surface area contributed by atoms with Crippen molar-refractivity contribution in [3.63, 3.8) is 0 Å². The number of carbonyl (C=O) groups excluding carboxylic acids is 2. The largest absolute Gasteiger partial charge is 0.348 e. The fourth-order valence-corrected chi connectivity index (χ4v) is 4.13. The van der Waals surface area contributed by atoms with E-state index in [9.17, 15) is 14.4 Å². The highest BCUT2D eigenvalue weighted by molar-refractivity contribution is 5.95. The van der Waals surface area contributed by atoms with Crippen LogP contribution < -0.4 is 16.2 Å². The molecule has 5 aromatic rings. The molecule has 0 atom stereocenters. The Kier molecular flexibility index (Phi) is 6.78. The van der Waals surface area contributed by atoms with Gasteiger partial charge in [-0.1, -0.05) is 30.3 Å². The zero-order valence-corrected chi connectivity index (χ0v) is 20.9. The molecule has 0 saturated heterocycles. The molecule has 0 saturated carbocycles. The first kappa shape index (κ1) is 24.6. The van der Waals surface area contributed by atoms with Crippen molar-refractivity contribution in [1.29, 1.82) is 0 Å². The second kappa shape index (κ2) is 10.5. The van der Waals surface area contributed by atoms with Crippen LogP contribution in [-0.4, -0.2) is 26.2 Å². The van der Waals surface area contributed by atoms with Crippen molar-refractivity contribution >= 4 is 34.4 Å². The van der Waals surface area contributed by atoms with Crippen molar-refractivity contribution in [1.82, 2.24) is 19.9 Å².